The molecule has 0 aliphatic rings. The summed E-state index contributed by atoms with van der Waals surface area (Å²) in [5.41, 5.74) is 1.14. The number of hydrogen-bond acceptors (Lipinski definition) is 2. The summed E-state index contributed by atoms with van der Waals surface area (Å²) >= 11 is 5.97. The molecule has 2 aromatic carbocycles. The molecule has 1 N–H and O–H groups in total. The first-order valence-electron chi connectivity index (χ1n) is 6.52. The molecule has 3 unspecified atom stereocenters. The first-order chi connectivity index (χ1) is 9.63. The van der Waals surface area contributed by atoms with Crippen molar-refractivity contribution in [3.8, 4) is 0 Å². The quantitative estimate of drug-likeness (QED) is 0.910. The topological polar surface area (TPSA) is 29.1 Å². The van der Waals surface area contributed by atoms with E-state index in [0.717, 1.165) is 10.5 Å². The van der Waals surface area contributed by atoms with Crippen LogP contribution < -0.4 is 5.32 Å². The van der Waals surface area contributed by atoms with Crippen molar-refractivity contribution in [1.82, 2.24) is 5.32 Å². The molecule has 2 aromatic rings. The number of benzene rings is 2. The van der Waals surface area contributed by atoms with Crippen LogP contribution in [-0.4, -0.2) is 16.5 Å². The molecule has 0 aliphatic heterocycles. The van der Waals surface area contributed by atoms with Gasteiger partial charge in [-0.1, -0.05) is 48.0 Å². The molecule has 0 fully saturated rings. The van der Waals surface area contributed by atoms with E-state index in [2.05, 4.69) is 5.32 Å². The van der Waals surface area contributed by atoms with Crippen molar-refractivity contribution in [2.24, 2.45) is 0 Å². The average Bonchev–Trinajstić information content (AvgIpc) is 2.48. The summed E-state index contributed by atoms with van der Waals surface area (Å²) in [6.45, 7) is 1.99. The van der Waals surface area contributed by atoms with E-state index in [0.29, 0.717) is 5.02 Å². The molecule has 0 spiro atoms. The Hall–Kier alpha value is -1.16. The van der Waals surface area contributed by atoms with E-state index in [-0.39, 0.29) is 11.3 Å². The van der Waals surface area contributed by atoms with Gasteiger partial charge in [-0.2, -0.15) is 0 Å². The molecule has 0 saturated carbocycles. The fraction of sp³-hybridized carbons (Fsp3) is 0.250. The molecular formula is C16H18ClNOS. The first kappa shape index (κ1) is 15.2. The molecule has 4 heteroatoms. The Morgan fingerprint density at radius 2 is 1.80 bits per heavy atom. The Morgan fingerprint density at radius 1 is 1.10 bits per heavy atom. The second kappa shape index (κ2) is 7.02. The van der Waals surface area contributed by atoms with Crippen molar-refractivity contribution in [2.45, 2.75) is 23.1 Å². The van der Waals surface area contributed by atoms with Crippen molar-refractivity contribution in [1.29, 1.82) is 0 Å². The van der Waals surface area contributed by atoms with E-state index in [1.54, 1.807) is 12.1 Å². The Labute approximate surface area is 127 Å². The van der Waals surface area contributed by atoms with Crippen LogP contribution in [-0.2, 0) is 10.8 Å². The molecule has 0 bridgehead atoms. The summed E-state index contributed by atoms with van der Waals surface area (Å²) in [6, 6.07) is 17.4. The zero-order chi connectivity index (χ0) is 14.5. The molecule has 0 amide bonds. The molecule has 20 heavy (non-hydrogen) atoms. The first-order valence-corrected chi connectivity index (χ1v) is 8.11. The van der Waals surface area contributed by atoms with Crippen LogP contribution >= 0.6 is 11.6 Å². The molecular weight excluding hydrogens is 290 g/mol. The summed E-state index contributed by atoms with van der Waals surface area (Å²) in [6.07, 6.45) is 0. The fourth-order valence-electron chi connectivity index (χ4n) is 2.26. The molecule has 0 heterocycles. The van der Waals surface area contributed by atoms with Gasteiger partial charge in [0.25, 0.3) is 0 Å². The summed E-state index contributed by atoms with van der Waals surface area (Å²) in [4.78, 5) is 0.765. The lowest BCUT2D eigenvalue weighted by Crippen LogP contribution is -2.30. The third kappa shape index (κ3) is 3.48. The van der Waals surface area contributed by atoms with Gasteiger partial charge in [0.15, 0.2) is 0 Å². The highest BCUT2D eigenvalue weighted by Gasteiger charge is 2.24. The van der Waals surface area contributed by atoms with Crippen LogP contribution in [0.25, 0.3) is 0 Å². The average molecular weight is 308 g/mol. The van der Waals surface area contributed by atoms with E-state index < -0.39 is 10.8 Å². The Balaban J connectivity index is 2.25. The van der Waals surface area contributed by atoms with Crippen LogP contribution in [0, 0.1) is 0 Å². The fourth-order valence-corrected chi connectivity index (χ4v) is 3.94. The van der Waals surface area contributed by atoms with Gasteiger partial charge in [0.05, 0.1) is 16.0 Å². The lowest BCUT2D eigenvalue weighted by molar-refractivity contribution is 0.570. The van der Waals surface area contributed by atoms with E-state index in [1.165, 1.54) is 0 Å². The van der Waals surface area contributed by atoms with Crippen molar-refractivity contribution in [2.75, 3.05) is 7.05 Å². The second-order valence-corrected chi connectivity index (χ2v) is 6.88. The third-order valence-electron chi connectivity index (χ3n) is 3.31. The van der Waals surface area contributed by atoms with Crippen molar-refractivity contribution in [3.63, 3.8) is 0 Å². The minimum Gasteiger partial charge on any atom is -0.312 e. The third-order valence-corrected chi connectivity index (χ3v) is 5.21. The predicted octanol–water partition coefficient (Wildman–Crippen LogP) is 3.80. The molecule has 2 rings (SSSR count). The minimum absolute atomic E-state index is 0.0380. The van der Waals surface area contributed by atoms with Crippen LogP contribution in [0.3, 0.4) is 0 Å². The van der Waals surface area contributed by atoms with Gasteiger partial charge < -0.3 is 5.32 Å². The number of nitrogens with one attached hydrogen (secondary N) is 1. The van der Waals surface area contributed by atoms with Gasteiger partial charge >= 0.3 is 0 Å². The van der Waals surface area contributed by atoms with E-state index in [9.17, 15) is 4.21 Å². The van der Waals surface area contributed by atoms with Gasteiger partial charge in [-0.05, 0) is 37.7 Å². The summed E-state index contributed by atoms with van der Waals surface area (Å²) in [5, 5.41) is 3.82. The highest BCUT2D eigenvalue weighted by molar-refractivity contribution is 7.85. The SMILES string of the molecule is CNC(c1ccccc1)C(C)S(=O)c1cccc(Cl)c1. The molecule has 0 saturated heterocycles. The molecule has 106 valence electrons. The standard InChI is InChI=1S/C16H18ClNOS/c1-12(16(18-2)13-7-4-3-5-8-13)20(19)15-10-6-9-14(17)11-15/h3-12,16,18H,1-2H3. The van der Waals surface area contributed by atoms with Crippen molar-refractivity contribution < 1.29 is 4.21 Å². The van der Waals surface area contributed by atoms with E-state index in [1.807, 2.05) is 56.4 Å². The van der Waals surface area contributed by atoms with Gasteiger partial charge in [0, 0.05) is 16.0 Å². The monoisotopic (exact) mass is 307 g/mol. The Bertz CT molecular complexity index is 588. The molecule has 0 radical (unpaired) electrons. The lowest BCUT2D eigenvalue weighted by Gasteiger charge is -2.23. The van der Waals surface area contributed by atoms with Crippen molar-refractivity contribution >= 4 is 22.4 Å². The predicted molar refractivity (Wildman–Crippen MR) is 85.6 cm³/mol. The molecule has 2 nitrogen and oxygen atoms in total. The number of rotatable bonds is 5. The molecule has 3 atom stereocenters. The Kier molecular flexibility index (Phi) is 5.35. The summed E-state index contributed by atoms with van der Waals surface area (Å²) in [7, 11) is 0.776. The highest BCUT2D eigenvalue weighted by atomic mass is 35.5. The number of halogens is 1. The van der Waals surface area contributed by atoms with Crippen LogP contribution in [0.2, 0.25) is 5.02 Å². The molecule has 0 aliphatic carbocycles. The van der Waals surface area contributed by atoms with Crippen LogP contribution in [0.15, 0.2) is 59.5 Å². The normalized spacial score (nSPS) is 15.6. The van der Waals surface area contributed by atoms with Gasteiger partial charge in [0.2, 0.25) is 0 Å². The Morgan fingerprint density at radius 3 is 2.40 bits per heavy atom. The zero-order valence-electron chi connectivity index (χ0n) is 11.5. The maximum atomic E-state index is 12.7. The van der Waals surface area contributed by atoms with Crippen LogP contribution in [0.4, 0.5) is 0 Å². The lowest BCUT2D eigenvalue weighted by atomic mass is 10.0. The maximum Gasteiger partial charge on any atom is 0.0577 e. The van der Waals surface area contributed by atoms with E-state index in [4.69, 9.17) is 11.6 Å². The van der Waals surface area contributed by atoms with Gasteiger partial charge in [-0.25, -0.2) is 0 Å². The summed E-state index contributed by atoms with van der Waals surface area (Å²) in [5.74, 6) is 0. The second-order valence-electron chi connectivity index (χ2n) is 4.64. The van der Waals surface area contributed by atoms with Gasteiger partial charge in [0.1, 0.15) is 0 Å². The van der Waals surface area contributed by atoms with Crippen molar-refractivity contribution in [3.05, 3.63) is 65.2 Å². The largest absolute Gasteiger partial charge is 0.312 e. The molecule has 0 aromatic heterocycles. The maximum absolute atomic E-state index is 12.7. The van der Waals surface area contributed by atoms with E-state index >= 15 is 0 Å². The van der Waals surface area contributed by atoms with Crippen LogP contribution in [0.1, 0.15) is 18.5 Å². The van der Waals surface area contributed by atoms with Crippen LogP contribution in [0.5, 0.6) is 0 Å². The highest BCUT2D eigenvalue weighted by Crippen LogP contribution is 2.25. The smallest absolute Gasteiger partial charge is 0.0577 e. The van der Waals surface area contributed by atoms with Gasteiger partial charge in [-0.15, -0.1) is 0 Å². The minimum atomic E-state index is -1.12. The summed E-state index contributed by atoms with van der Waals surface area (Å²) < 4.78 is 12.7. The van der Waals surface area contributed by atoms with Gasteiger partial charge in [-0.3, -0.25) is 4.21 Å². The zero-order valence-corrected chi connectivity index (χ0v) is 13.1. The number of hydrogen-bond donors (Lipinski definition) is 1.